The molecular weight excluding hydrogens is 372 g/mol. The molecule has 0 atom stereocenters. The monoisotopic (exact) mass is 394 g/mol. The lowest BCUT2D eigenvalue weighted by Gasteiger charge is -2.22. The van der Waals surface area contributed by atoms with E-state index in [0.717, 1.165) is 25.6 Å². The lowest BCUT2D eigenvalue weighted by molar-refractivity contribution is -0.402. The number of furan rings is 1. The van der Waals surface area contributed by atoms with Crippen LogP contribution in [0.5, 0.6) is 0 Å². The predicted molar refractivity (Wildman–Crippen MR) is 101 cm³/mol. The number of carbonyl (C=O) groups is 1. The van der Waals surface area contributed by atoms with Crippen LogP contribution in [0.1, 0.15) is 49.1 Å². The molecule has 1 saturated carbocycles. The molecule has 3 rings (SSSR count). The first-order chi connectivity index (χ1) is 13.1. The number of carbonyl (C=O) groups excluding carboxylic acids is 1. The number of hydrogen-bond donors (Lipinski definition) is 3. The number of nitro groups is 1. The third-order valence-corrected chi connectivity index (χ3v) is 5.11. The van der Waals surface area contributed by atoms with Crippen LogP contribution < -0.4 is 16.0 Å². The van der Waals surface area contributed by atoms with Crippen LogP contribution in [0.3, 0.4) is 0 Å². The highest BCUT2D eigenvalue weighted by molar-refractivity contribution is 7.19. The summed E-state index contributed by atoms with van der Waals surface area (Å²) >= 11 is 1.19. The Hall–Kier alpha value is -2.53. The van der Waals surface area contributed by atoms with Gasteiger partial charge in [0.2, 0.25) is 10.3 Å². The van der Waals surface area contributed by atoms with Gasteiger partial charge in [-0.25, -0.2) is 0 Å². The van der Waals surface area contributed by atoms with E-state index >= 15 is 0 Å². The number of nitrogens with zero attached hydrogens (tertiary/aromatic N) is 3. The maximum Gasteiger partial charge on any atom is 0.433 e. The fraction of sp³-hybridized carbons (Fsp3) is 0.562. The van der Waals surface area contributed by atoms with Gasteiger partial charge in [-0.05, 0) is 31.9 Å². The van der Waals surface area contributed by atoms with Crippen molar-refractivity contribution in [3.8, 4) is 0 Å². The Balaban J connectivity index is 1.37. The Morgan fingerprint density at radius 1 is 1.22 bits per heavy atom. The maximum atomic E-state index is 12.0. The largest absolute Gasteiger partial charge is 0.433 e. The van der Waals surface area contributed by atoms with Crippen molar-refractivity contribution in [2.45, 2.75) is 44.6 Å². The molecule has 0 aliphatic heterocycles. The fourth-order valence-electron chi connectivity index (χ4n) is 2.95. The first-order valence-corrected chi connectivity index (χ1v) is 9.80. The molecule has 1 amide bonds. The molecule has 0 saturated heterocycles. The van der Waals surface area contributed by atoms with Gasteiger partial charge in [0.05, 0.1) is 6.07 Å². The summed E-state index contributed by atoms with van der Waals surface area (Å²) in [4.78, 5) is 21.9. The van der Waals surface area contributed by atoms with E-state index in [9.17, 15) is 14.9 Å². The Kier molecular flexibility index (Phi) is 6.71. The summed E-state index contributed by atoms with van der Waals surface area (Å²) in [6.45, 7) is 1.71. The minimum atomic E-state index is -0.702. The summed E-state index contributed by atoms with van der Waals surface area (Å²) in [6.07, 6.45) is 7.50. The average Bonchev–Trinajstić information content (AvgIpc) is 3.32. The van der Waals surface area contributed by atoms with Crippen molar-refractivity contribution in [1.82, 2.24) is 15.5 Å². The van der Waals surface area contributed by atoms with Crippen molar-refractivity contribution < 1.29 is 14.1 Å². The van der Waals surface area contributed by atoms with Crippen molar-refractivity contribution in [2.24, 2.45) is 0 Å². The van der Waals surface area contributed by atoms with Crippen LogP contribution in [0.25, 0.3) is 0 Å². The van der Waals surface area contributed by atoms with Crippen LogP contribution >= 0.6 is 11.3 Å². The van der Waals surface area contributed by atoms with Gasteiger partial charge in [0.25, 0.3) is 5.91 Å². The smallest absolute Gasteiger partial charge is 0.395 e. The van der Waals surface area contributed by atoms with Gasteiger partial charge < -0.3 is 15.1 Å². The predicted octanol–water partition coefficient (Wildman–Crippen LogP) is 3.02. The molecule has 0 bridgehead atoms. The van der Waals surface area contributed by atoms with E-state index in [2.05, 4.69) is 26.1 Å². The zero-order valence-corrected chi connectivity index (χ0v) is 15.6. The van der Waals surface area contributed by atoms with Crippen LogP contribution in [0.4, 0.5) is 16.1 Å². The number of nitrogens with one attached hydrogen (secondary N) is 3. The fourth-order valence-corrected chi connectivity index (χ4v) is 3.61. The third kappa shape index (κ3) is 5.73. The molecule has 1 aliphatic rings. The van der Waals surface area contributed by atoms with Gasteiger partial charge in [-0.2, -0.15) is 0 Å². The first-order valence-electron chi connectivity index (χ1n) is 8.98. The van der Waals surface area contributed by atoms with Crippen LogP contribution in [-0.2, 0) is 0 Å². The number of rotatable bonds is 9. The molecule has 2 aromatic rings. The van der Waals surface area contributed by atoms with E-state index in [1.165, 1.54) is 49.5 Å². The van der Waals surface area contributed by atoms with Gasteiger partial charge >= 0.3 is 5.88 Å². The molecule has 0 unspecified atom stereocenters. The highest BCUT2D eigenvalue weighted by atomic mass is 32.1. The SMILES string of the molecule is O=C(Nc1nnc(NCCCNC2CCCCC2)s1)c1ccc([N+](=O)[O-])o1. The topological polar surface area (TPSA) is 135 Å². The van der Waals surface area contributed by atoms with Gasteiger partial charge in [-0.1, -0.05) is 30.6 Å². The van der Waals surface area contributed by atoms with Gasteiger partial charge in [-0.3, -0.25) is 20.2 Å². The van der Waals surface area contributed by atoms with E-state index < -0.39 is 16.7 Å². The molecule has 10 nitrogen and oxygen atoms in total. The van der Waals surface area contributed by atoms with Gasteiger partial charge in [0.1, 0.15) is 4.92 Å². The Morgan fingerprint density at radius 2 is 2.00 bits per heavy atom. The van der Waals surface area contributed by atoms with Crippen molar-refractivity contribution in [3.05, 3.63) is 28.0 Å². The van der Waals surface area contributed by atoms with E-state index in [1.807, 2.05) is 0 Å². The van der Waals surface area contributed by atoms with Crippen LogP contribution in [0, 0.1) is 10.1 Å². The second kappa shape index (κ2) is 9.42. The maximum absolute atomic E-state index is 12.0. The zero-order chi connectivity index (χ0) is 19.1. The quantitative estimate of drug-likeness (QED) is 0.335. The lowest BCUT2D eigenvalue weighted by atomic mass is 9.95. The summed E-state index contributed by atoms with van der Waals surface area (Å²) in [6, 6.07) is 3.02. The van der Waals surface area contributed by atoms with Crippen molar-refractivity contribution in [3.63, 3.8) is 0 Å². The standard InChI is InChI=1S/C16H22N6O4S/c23-14(12-7-8-13(26-12)22(24)25)19-16-21-20-15(27-16)18-10-4-9-17-11-5-2-1-3-6-11/h7-8,11,17H,1-6,9-10H2,(H,18,20)(H,19,21,23). The highest BCUT2D eigenvalue weighted by Gasteiger charge is 2.18. The van der Waals surface area contributed by atoms with Crippen molar-refractivity contribution in [1.29, 1.82) is 0 Å². The molecule has 0 spiro atoms. The van der Waals surface area contributed by atoms with Gasteiger partial charge in [0, 0.05) is 12.6 Å². The normalized spacial score (nSPS) is 14.8. The lowest BCUT2D eigenvalue weighted by Crippen LogP contribution is -2.32. The highest BCUT2D eigenvalue weighted by Crippen LogP contribution is 2.22. The zero-order valence-electron chi connectivity index (χ0n) is 14.8. The minimum absolute atomic E-state index is 0.153. The Morgan fingerprint density at radius 3 is 2.74 bits per heavy atom. The summed E-state index contributed by atoms with van der Waals surface area (Å²) < 4.78 is 4.85. The molecule has 0 aromatic carbocycles. The second-order valence-corrected chi connectivity index (χ2v) is 7.31. The number of amides is 1. The molecule has 0 radical (unpaired) electrons. The van der Waals surface area contributed by atoms with E-state index in [0.29, 0.717) is 16.3 Å². The number of hydrogen-bond acceptors (Lipinski definition) is 9. The van der Waals surface area contributed by atoms with Crippen LogP contribution in [0.2, 0.25) is 0 Å². The second-order valence-electron chi connectivity index (χ2n) is 6.33. The number of aromatic nitrogens is 2. The third-order valence-electron chi connectivity index (χ3n) is 4.31. The molecule has 1 fully saturated rings. The van der Waals surface area contributed by atoms with Gasteiger partial charge in [-0.15, -0.1) is 10.2 Å². The van der Waals surface area contributed by atoms with Crippen molar-refractivity contribution >= 4 is 33.4 Å². The van der Waals surface area contributed by atoms with Crippen LogP contribution in [0.15, 0.2) is 16.5 Å². The van der Waals surface area contributed by atoms with E-state index in [4.69, 9.17) is 4.42 Å². The van der Waals surface area contributed by atoms with Crippen molar-refractivity contribution in [2.75, 3.05) is 23.7 Å². The molecule has 27 heavy (non-hydrogen) atoms. The minimum Gasteiger partial charge on any atom is -0.395 e. The molecule has 1 aliphatic carbocycles. The van der Waals surface area contributed by atoms with E-state index in [1.54, 1.807) is 0 Å². The summed E-state index contributed by atoms with van der Waals surface area (Å²) in [7, 11) is 0. The molecule has 2 heterocycles. The molecule has 2 aromatic heterocycles. The molecule has 146 valence electrons. The number of anilines is 2. The first kappa shape index (κ1) is 19.2. The van der Waals surface area contributed by atoms with Crippen LogP contribution in [-0.4, -0.2) is 40.2 Å². The van der Waals surface area contributed by atoms with E-state index in [-0.39, 0.29) is 5.76 Å². The molecular formula is C16H22N6O4S. The van der Waals surface area contributed by atoms with Gasteiger partial charge in [0.15, 0.2) is 5.76 Å². The Labute approximate surface area is 159 Å². The Bertz CT molecular complexity index is 771. The summed E-state index contributed by atoms with van der Waals surface area (Å²) in [5.74, 6) is -1.25. The molecule has 3 N–H and O–H groups in total. The average molecular weight is 394 g/mol. The molecule has 11 heteroatoms. The summed E-state index contributed by atoms with van der Waals surface area (Å²) in [5, 5.41) is 28.6. The summed E-state index contributed by atoms with van der Waals surface area (Å²) in [5.41, 5.74) is 0.